The molecule has 1 aliphatic rings. The Hall–Kier alpha value is -1.10. The minimum Gasteiger partial charge on any atom is -0.341 e. The van der Waals surface area contributed by atoms with E-state index < -0.39 is 0 Å². The molecule has 0 bridgehead atoms. The third-order valence-corrected chi connectivity index (χ3v) is 4.54. The zero-order valence-electron chi connectivity index (χ0n) is 13.8. The molecular weight excluding hydrogens is 266 g/mol. The maximum absolute atomic E-state index is 12.3. The number of likely N-dealkylation sites (N-methyl/N-ethyl adjacent to an activating group) is 2. The minimum atomic E-state index is -0.159. The third kappa shape index (κ3) is 5.30. The maximum atomic E-state index is 12.3. The van der Waals surface area contributed by atoms with E-state index in [1.54, 1.807) is 7.05 Å². The highest BCUT2D eigenvalue weighted by atomic mass is 16.2. The van der Waals surface area contributed by atoms with Crippen LogP contribution in [0.15, 0.2) is 0 Å². The van der Waals surface area contributed by atoms with Gasteiger partial charge in [0.2, 0.25) is 11.8 Å². The summed E-state index contributed by atoms with van der Waals surface area (Å²) in [5.41, 5.74) is 5.66. The van der Waals surface area contributed by atoms with Crippen molar-refractivity contribution in [2.24, 2.45) is 11.7 Å². The fraction of sp³-hybridized carbons (Fsp3) is 0.875. The number of nitrogens with two attached hydrogens (primary N) is 1. The van der Waals surface area contributed by atoms with E-state index in [-0.39, 0.29) is 24.3 Å². The van der Waals surface area contributed by atoms with E-state index in [4.69, 9.17) is 5.73 Å². The van der Waals surface area contributed by atoms with Gasteiger partial charge in [0.05, 0.1) is 12.5 Å². The Kier molecular flexibility index (Phi) is 7.72. The molecule has 0 aromatic rings. The van der Waals surface area contributed by atoms with Crippen LogP contribution in [0.3, 0.4) is 0 Å². The van der Waals surface area contributed by atoms with Crippen molar-refractivity contribution in [3.8, 4) is 0 Å². The Bertz CT molecular complexity index is 340. The Morgan fingerprint density at radius 2 is 1.81 bits per heavy atom. The standard InChI is InChI=1S/C16H31N3O2/c1-4-8-13(11-17)16(21)18(2)12-15(20)19(3)14-9-6-5-7-10-14/h13-14H,4-12,17H2,1-3H3. The maximum Gasteiger partial charge on any atom is 0.242 e. The van der Waals surface area contributed by atoms with Crippen LogP contribution in [0.2, 0.25) is 0 Å². The number of carbonyl (C=O) groups excluding carboxylic acids is 2. The summed E-state index contributed by atoms with van der Waals surface area (Å²) in [6.07, 6.45) is 7.55. The van der Waals surface area contributed by atoms with Crippen LogP contribution >= 0.6 is 0 Å². The lowest BCUT2D eigenvalue weighted by molar-refractivity contribution is -0.142. The van der Waals surface area contributed by atoms with Gasteiger partial charge in [0, 0.05) is 26.7 Å². The monoisotopic (exact) mass is 297 g/mol. The van der Waals surface area contributed by atoms with Gasteiger partial charge in [-0.1, -0.05) is 32.6 Å². The fourth-order valence-corrected chi connectivity index (χ4v) is 3.07. The number of hydrogen-bond acceptors (Lipinski definition) is 3. The van der Waals surface area contributed by atoms with E-state index in [1.807, 2.05) is 18.9 Å². The van der Waals surface area contributed by atoms with Gasteiger partial charge in [0.25, 0.3) is 0 Å². The Balaban J connectivity index is 2.49. The van der Waals surface area contributed by atoms with Crippen molar-refractivity contribution in [1.82, 2.24) is 9.80 Å². The van der Waals surface area contributed by atoms with Gasteiger partial charge in [-0.3, -0.25) is 9.59 Å². The molecule has 0 radical (unpaired) electrons. The highest BCUT2D eigenvalue weighted by Crippen LogP contribution is 2.21. The summed E-state index contributed by atoms with van der Waals surface area (Å²) >= 11 is 0. The first-order valence-electron chi connectivity index (χ1n) is 8.21. The number of rotatable bonds is 7. The lowest BCUT2D eigenvalue weighted by Crippen LogP contribution is -2.46. The van der Waals surface area contributed by atoms with Gasteiger partial charge in [0.1, 0.15) is 0 Å². The number of amides is 2. The van der Waals surface area contributed by atoms with Crippen molar-refractivity contribution < 1.29 is 9.59 Å². The molecule has 0 aliphatic heterocycles. The van der Waals surface area contributed by atoms with Crippen molar-refractivity contribution >= 4 is 11.8 Å². The highest BCUT2D eigenvalue weighted by molar-refractivity contribution is 5.85. The Morgan fingerprint density at radius 3 is 2.33 bits per heavy atom. The summed E-state index contributed by atoms with van der Waals surface area (Å²) in [5.74, 6) is -0.137. The van der Waals surface area contributed by atoms with Crippen molar-refractivity contribution in [2.75, 3.05) is 27.2 Å². The summed E-state index contributed by atoms with van der Waals surface area (Å²) < 4.78 is 0. The summed E-state index contributed by atoms with van der Waals surface area (Å²) in [6, 6.07) is 0.343. The Labute approximate surface area is 128 Å². The van der Waals surface area contributed by atoms with Gasteiger partial charge >= 0.3 is 0 Å². The summed E-state index contributed by atoms with van der Waals surface area (Å²) in [4.78, 5) is 28.0. The predicted molar refractivity (Wildman–Crippen MR) is 84.7 cm³/mol. The van der Waals surface area contributed by atoms with Crippen LogP contribution in [0.25, 0.3) is 0 Å². The van der Waals surface area contributed by atoms with E-state index in [0.717, 1.165) is 25.7 Å². The Morgan fingerprint density at radius 1 is 1.19 bits per heavy atom. The van der Waals surface area contributed by atoms with Crippen molar-refractivity contribution in [1.29, 1.82) is 0 Å². The van der Waals surface area contributed by atoms with E-state index in [9.17, 15) is 9.59 Å². The van der Waals surface area contributed by atoms with Gasteiger partial charge < -0.3 is 15.5 Å². The summed E-state index contributed by atoms with van der Waals surface area (Å²) in [5, 5.41) is 0. The molecule has 0 saturated heterocycles. The first-order chi connectivity index (χ1) is 10.0. The normalized spacial score (nSPS) is 17.3. The predicted octanol–water partition coefficient (Wildman–Crippen LogP) is 1.61. The smallest absolute Gasteiger partial charge is 0.242 e. The zero-order chi connectivity index (χ0) is 15.8. The second kappa shape index (κ2) is 9.03. The minimum absolute atomic E-state index is 0.00950. The largest absolute Gasteiger partial charge is 0.341 e. The van der Waals surface area contributed by atoms with Crippen LogP contribution in [0, 0.1) is 5.92 Å². The molecule has 1 aliphatic carbocycles. The van der Waals surface area contributed by atoms with E-state index in [1.165, 1.54) is 24.2 Å². The molecule has 2 N–H and O–H groups in total. The molecule has 21 heavy (non-hydrogen) atoms. The van der Waals surface area contributed by atoms with Crippen LogP contribution in [0.1, 0.15) is 51.9 Å². The third-order valence-electron chi connectivity index (χ3n) is 4.54. The van der Waals surface area contributed by atoms with Crippen LogP contribution in [0.4, 0.5) is 0 Å². The molecule has 1 rings (SSSR count). The fourth-order valence-electron chi connectivity index (χ4n) is 3.07. The number of nitrogens with zero attached hydrogens (tertiary/aromatic N) is 2. The lowest BCUT2D eigenvalue weighted by atomic mass is 9.94. The molecule has 2 amide bonds. The molecule has 5 nitrogen and oxygen atoms in total. The van der Waals surface area contributed by atoms with E-state index in [2.05, 4.69) is 0 Å². The average Bonchev–Trinajstić information content (AvgIpc) is 2.51. The average molecular weight is 297 g/mol. The molecule has 1 fully saturated rings. The number of hydrogen-bond donors (Lipinski definition) is 1. The summed E-state index contributed by atoms with van der Waals surface area (Å²) in [6.45, 7) is 2.55. The van der Waals surface area contributed by atoms with Crippen molar-refractivity contribution in [3.63, 3.8) is 0 Å². The molecule has 0 heterocycles. The molecule has 1 saturated carbocycles. The molecule has 122 valence electrons. The van der Waals surface area contributed by atoms with Crippen LogP contribution in [-0.2, 0) is 9.59 Å². The van der Waals surface area contributed by atoms with Crippen LogP contribution in [-0.4, -0.2) is 54.8 Å². The van der Waals surface area contributed by atoms with Crippen LogP contribution in [0.5, 0.6) is 0 Å². The van der Waals surface area contributed by atoms with Gasteiger partial charge in [-0.05, 0) is 19.3 Å². The van der Waals surface area contributed by atoms with Crippen molar-refractivity contribution in [3.05, 3.63) is 0 Å². The molecule has 0 aromatic heterocycles. The second-order valence-electron chi connectivity index (χ2n) is 6.21. The van der Waals surface area contributed by atoms with Gasteiger partial charge in [-0.25, -0.2) is 0 Å². The first kappa shape index (κ1) is 18.0. The molecule has 0 aromatic carbocycles. The van der Waals surface area contributed by atoms with Gasteiger partial charge in [0.15, 0.2) is 0 Å². The topological polar surface area (TPSA) is 66.6 Å². The SMILES string of the molecule is CCCC(CN)C(=O)N(C)CC(=O)N(C)C1CCCCC1. The first-order valence-corrected chi connectivity index (χ1v) is 8.21. The van der Waals surface area contributed by atoms with E-state index >= 15 is 0 Å². The molecule has 5 heteroatoms. The van der Waals surface area contributed by atoms with Gasteiger partial charge in [-0.2, -0.15) is 0 Å². The second-order valence-corrected chi connectivity index (χ2v) is 6.21. The highest BCUT2D eigenvalue weighted by Gasteiger charge is 2.26. The van der Waals surface area contributed by atoms with Crippen molar-refractivity contribution in [2.45, 2.75) is 57.9 Å². The molecule has 0 spiro atoms. The molecule has 1 unspecified atom stereocenters. The summed E-state index contributed by atoms with van der Waals surface area (Å²) in [7, 11) is 3.57. The number of carbonyl (C=O) groups is 2. The van der Waals surface area contributed by atoms with Crippen LogP contribution < -0.4 is 5.73 Å². The zero-order valence-corrected chi connectivity index (χ0v) is 13.8. The lowest BCUT2D eigenvalue weighted by Gasteiger charge is -2.33. The molecular formula is C16H31N3O2. The van der Waals surface area contributed by atoms with Gasteiger partial charge in [-0.15, -0.1) is 0 Å². The van der Waals surface area contributed by atoms with E-state index in [0.29, 0.717) is 12.6 Å². The quantitative estimate of drug-likeness (QED) is 0.776. The molecule has 1 atom stereocenters.